The molecule has 1 aliphatic heterocycles. The van der Waals surface area contributed by atoms with E-state index in [0.29, 0.717) is 5.56 Å². The lowest BCUT2D eigenvalue weighted by Crippen LogP contribution is -2.57. The lowest BCUT2D eigenvalue weighted by Gasteiger charge is -2.37. The number of aromatic nitrogens is 2. The highest BCUT2D eigenvalue weighted by atomic mass is 35.5. The molecule has 1 fully saturated rings. The molecule has 6 nitrogen and oxygen atoms in total. The molecule has 0 aliphatic carbocycles. The van der Waals surface area contributed by atoms with Gasteiger partial charge in [0.1, 0.15) is 5.82 Å². The van der Waals surface area contributed by atoms with Gasteiger partial charge in [-0.15, -0.1) is 10.2 Å². The van der Waals surface area contributed by atoms with Crippen LogP contribution in [0, 0.1) is 0 Å². The maximum atomic E-state index is 13.3. The number of carbonyl (C=O) groups excluding carboxylic acids is 1. The SMILES string of the molecule is C[C@H](c1cc(N)nnc1Cl)N1CC(F)(F)CNC1=O. The van der Waals surface area contributed by atoms with Crippen molar-refractivity contribution in [3.05, 3.63) is 16.8 Å². The summed E-state index contributed by atoms with van der Waals surface area (Å²) in [6, 6.07) is 0.154. The summed E-state index contributed by atoms with van der Waals surface area (Å²) in [5, 5.41) is 9.31. The van der Waals surface area contributed by atoms with Crippen LogP contribution in [0.15, 0.2) is 6.07 Å². The Bertz CT molecular complexity index is 513. The van der Waals surface area contributed by atoms with Gasteiger partial charge in [0, 0.05) is 5.56 Å². The second-order valence-electron chi connectivity index (χ2n) is 4.33. The number of anilines is 1. The third-order valence-corrected chi connectivity index (χ3v) is 3.17. The number of alkyl halides is 2. The van der Waals surface area contributed by atoms with Gasteiger partial charge in [0.05, 0.1) is 19.1 Å². The molecule has 19 heavy (non-hydrogen) atoms. The number of hydrogen-bond acceptors (Lipinski definition) is 4. The largest absolute Gasteiger partial charge is 0.382 e. The summed E-state index contributed by atoms with van der Waals surface area (Å²) in [6.45, 7) is 0.224. The number of nitrogens with one attached hydrogen (secondary N) is 1. The molecule has 2 heterocycles. The zero-order valence-corrected chi connectivity index (χ0v) is 10.8. The van der Waals surface area contributed by atoms with E-state index in [2.05, 4.69) is 15.5 Å². The van der Waals surface area contributed by atoms with E-state index in [-0.39, 0.29) is 11.0 Å². The number of urea groups is 1. The highest BCUT2D eigenvalue weighted by Crippen LogP contribution is 2.30. The number of nitrogens with two attached hydrogens (primary N) is 1. The minimum Gasteiger partial charge on any atom is -0.382 e. The maximum Gasteiger partial charge on any atom is 0.318 e. The zero-order valence-electron chi connectivity index (χ0n) is 10.0. The van der Waals surface area contributed by atoms with Crippen LogP contribution >= 0.6 is 11.6 Å². The minimum absolute atomic E-state index is 0.0309. The highest BCUT2D eigenvalue weighted by molar-refractivity contribution is 6.30. The van der Waals surface area contributed by atoms with E-state index in [9.17, 15) is 13.6 Å². The molecule has 3 N–H and O–H groups in total. The van der Waals surface area contributed by atoms with Crippen LogP contribution in [0.2, 0.25) is 5.15 Å². The predicted molar refractivity (Wildman–Crippen MR) is 64.9 cm³/mol. The second kappa shape index (κ2) is 4.76. The molecule has 2 rings (SSSR count). The third kappa shape index (κ3) is 2.83. The normalized spacial score (nSPS) is 20.0. The molecule has 104 valence electrons. The molecule has 2 amide bonds. The van der Waals surface area contributed by atoms with Gasteiger partial charge in [0.25, 0.3) is 5.92 Å². The first-order valence-corrected chi connectivity index (χ1v) is 5.89. The highest BCUT2D eigenvalue weighted by Gasteiger charge is 2.41. The number of carbonyl (C=O) groups is 1. The zero-order chi connectivity index (χ0) is 14.2. The lowest BCUT2D eigenvalue weighted by molar-refractivity contribution is -0.0428. The Morgan fingerprint density at radius 3 is 2.95 bits per heavy atom. The number of hydrogen-bond donors (Lipinski definition) is 2. The summed E-state index contributed by atoms with van der Waals surface area (Å²) < 4.78 is 26.7. The Morgan fingerprint density at radius 1 is 1.58 bits per heavy atom. The Labute approximate surface area is 112 Å². The van der Waals surface area contributed by atoms with Gasteiger partial charge < -0.3 is 16.0 Å². The molecular weight excluding hydrogens is 280 g/mol. The van der Waals surface area contributed by atoms with Crippen LogP contribution < -0.4 is 11.1 Å². The lowest BCUT2D eigenvalue weighted by atomic mass is 10.1. The molecular formula is C10H12ClF2N5O. The summed E-state index contributed by atoms with van der Waals surface area (Å²) in [6.07, 6.45) is 0. The van der Waals surface area contributed by atoms with E-state index in [0.717, 1.165) is 4.90 Å². The van der Waals surface area contributed by atoms with Crippen molar-refractivity contribution in [2.75, 3.05) is 18.8 Å². The van der Waals surface area contributed by atoms with Crippen molar-refractivity contribution in [3.63, 3.8) is 0 Å². The number of amides is 2. The molecule has 1 aromatic heterocycles. The summed E-state index contributed by atoms with van der Waals surface area (Å²) >= 11 is 5.85. The number of nitrogens with zero attached hydrogens (tertiary/aromatic N) is 3. The molecule has 0 unspecified atom stereocenters. The minimum atomic E-state index is -2.99. The fourth-order valence-electron chi connectivity index (χ4n) is 1.86. The molecule has 0 saturated carbocycles. The molecule has 1 atom stereocenters. The number of nitrogen functional groups attached to an aromatic ring is 1. The van der Waals surface area contributed by atoms with Gasteiger partial charge in [-0.1, -0.05) is 11.6 Å². The average molecular weight is 292 g/mol. The Hall–Kier alpha value is -1.70. The standard InChI is InChI=1S/C10H12ClF2N5O/c1-5(6-2-7(14)16-17-8(6)11)18-4-10(12,13)3-15-9(18)19/h2,5H,3-4H2,1H3,(H2,14,16)(H,15,19)/t5-/m1/s1. The van der Waals surface area contributed by atoms with Crippen LogP contribution in [0.25, 0.3) is 0 Å². The third-order valence-electron chi connectivity index (χ3n) is 2.87. The van der Waals surface area contributed by atoms with E-state index in [4.69, 9.17) is 17.3 Å². The van der Waals surface area contributed by atoms with Crippen molar-refractivity contribution in [2.45, 2.75) is 18.9 Å². The van der Waals surface area contributed by atoms with E-state index in [1.165, 1.54) is 6.07 Å². The molecule has 0 bridgehead atoms. The van der Waals surface area contributed by atoms with Crippen LogP contribution in [-0.4, -0.2) is 40.1 Å². The monoisotopic (exact) mass is 291 g/mol. The van der Waals surface area contributed by atoms with Crippen molar-refractivity contribution in [1.29, 1.82) is 0 Å². The Kier molecular flexibility index (Phi) is 3.44. The first kappa shape index (κ1) is 13.7. The summed E-state index contributed by atoms with van der Waals surface area (Å²) in [7, 11) is 0. The van der Waals surface area contributed by atoms with Crippen molar-refractivity contribution in [3.8, 4) is 0 Å². The molecule has 0 aromatic carbocycles. The van der Waals surface area contributed by atoms with Crippen molar-refractivity contribution in [1.82, 2.24) is 20.4 Å². The number of rotatable bonds is 2. The molecule has 1 aliphatic rings. The quantitative estimate of drug-likeness (QED) is 0.863. The van der Waals surface area contributed by atoms with Crippen LogP contribution in [0.5, 0.6) is 0 Å². The number of halogens is 3. The first-order valence-electron chi connectivity index (χ1n) is 5.51. The maximum absolute atomic E-state index is 13.3. The van der Waals surface area contributed by atoms with Crippen molar-refractivity contribution >= 4 is 23.4 Å². The fourth-order valence-corrected chi connectivity index (χ4v) is 2.11. The predicted octanol–water partition coefficient (Wildman–Crippen LogP) is 1.43. The second-order valence-corrected chi connectivity index (χ2v) is 4.69. The van der Waals surface area contributed by atoms with Crippen LogP contribution in [0.4, 0.5) is 19.4 Å². The van der Waals surface area contributed by atoms with Gasteiger partial charge in [-0.2, -0.15) is 0 Å². The van der Waals surface area contributed by atoms with Crippen LogP contribution in [0.1, 0.15) is 18.5 Å². The van der Waals surface area contributed by atoms with Gasteiger partial charge in [-0.25, -0.2) is 13.6 Å². The first-order chi connectivity index (χ1) is 8.80. The van der Waals surface area contributed by atoms with E-state index >= 15 is 0 Å². The summed E-state index contributed by atoms with van der Waals surface area (Å²) in [5.41, 5.74) is 5.86. The molecule has 1 aromatic rings. The average Bonchev–Trinajstić information content (AvgIpc) is 2.34. The van der Waals surface area contributed by atoms with Crippen molar-refractivity contribution in [2.24, 2.45) is 0 Å². The van der Waals surface area contributed by atoms with E-state index in [1.807, 2.05) is 0 Å². The smallest absolute Gasteiger partial charge is 0.318 e. The van der Waals surface area contributed by atoms with Crippen LogP contribution in [0.3, 0.4) is 0 Å². The summed E-state index contributed by atoms with van der Waals surface area (Å²) in [5.74, 6) is -2.88. The van der Waals surface area contributed by atoms with Gasteiger partial charge in [-0.05, 0) is 13.0 Å². The molecule has 1 saturated heterocycles. The molecule has 0 radical (unpaired) electrons. The molecule has 0 spiro atoms. The van der Waals surface area contributed by atoms with Gasteiger partial charge in [-0.3, -0.25) is 0 Å². The van der Waals surface area contributed by atoms with E-state index < -0.39 is 31.1 Å². The fraction of sp³-hybridized carbons (Fsp3) is 0.500. The van der Waals surface area contributed by atoms with E-state index in [1.54, 1.807) is 6.92 Å². The van der Waals surface area contributed by atoms with Gasteiger partial charge >= 0.3 is 6.03 Å². The Morgan fingerprint density at radius 2 is 2.26 bits per heavy atom. The van der Waals surface area contributed by atoms with Gasteiger partial charge in [0.2, 0.25) is 0 Å². The van der Waals surface area contributed by atoms with Gasteiger partial charge in [0.15, 0.2) is 5.15 Å². The van der Waals surface area contributed by atoms with Crippen LogP contribution in [-0.2, 0) is 0 Å². The molecule has 9 heteroatoms. The summed E-state index contributed by atoms with van der Waals surface area (Å²) in [4.78, 5) is 12.7. The topological polar surface area (TPSA) is 84.1 Å². The van der Waals surface area contributed by atoms with Crippen molar-refractivity contribution < 1.29 is 13.6 Å². The Balaban J connectivity index is 2.29.